The Morgan fingerprint density at radius 1 is 1.30 bits per heavy atom. The van der Waals surface area contributed by atoms with E-state index in [2.05, 4.69) is 15.0 Å². The molecule has 0 bridgehead atoms. The van der Waals surface area contributed by atoms with Gasteiger partial charge in [0.2, 0.25) is 10.0 Å². The summed E-state index contributed by atoms with van der Waals surface area (Å²) in [5.74, 6) is 0.0923. The summed E-state index contributed by atoms with van der Waals surface area (Å²) < 4.78 is 38.1. The maximum absolute atomic E-state index is 13.0. The summed E-state index contributed by atoms with van der Waals surface area (Å²) in [5.41, 5.74) is 1.00. The predicted molar refractivity (Wildman–Crippen MR) is 99.6 cm³/mol. The molecule has 1 aromatic carbocycles. The average molecular weight is 393 g/mol. The van der Waals surface area contributed by atoms with Gasteiger partial charge in [-0.1, -0.05) is 6.92 Å². The van der Waals surface area contributed by atoms with Gasteiger partial charge < -0.3 is 19.8 Å². The second kappa shape index (κ2) is 8.01. The van der Waals surface area contributed by atoms with Gasteiger partial charge in [-0.25, -0.2) is 13.1 Å². The molecule has 0 saturated carbocycles. The molecule has 9 heteroatoms. The van der Waals surface area contributed by atoms with Crippen molar-refractivity contribution >= 4 is 15.9 Å². The van der Waals surface area contributed by atoms with E-state index in [1.165, 1.54) is 19.2 Å². The molecule has 1 aliphatic rings. The fourth-order valence-electron chi connectivity index (χ4n) is 2.89. The summed E-state index contributed by atoms with van der Waals surface area (Å²) in [7, 11) is -2.43. The first-order valence-corrected chi connectivity index (χ1v) is 10.3. The Balaban J connectivity index is 2.02. The van der Waals surface area contributed by atoms with Gasteiger partial charge in [-0.3, -0.25) is 4.79 Å². The highest BCUT2D eigenvalue weighted by molar-refractivity contribution is 7.89. The second-order valence-electron chi connectivity index (χ2n) is 6.12. The standard InChI is InChI=1S/C18H23N3O5S/c1-3-14(15-6-4-7-20-15)21-18(22)13-10-12(27(23,24)19-2)11-16-17(13)26-9-5-8-25-16/h4,6-7,10-11,14,19-20H,3,5,8-9H2,1-2H3,(H,21,22). The highest BCUT2D eigenvalue weighted by Gasteiger charge is 2.26. The number of ether oxygens (including phenoxy) is 2. The number of carbonyl (C=O) groups excluding carboxylic acids is 1. The van der Waals surface area contributed by atoms with Crippen LogP contribution >= 0.6 is 0 Å². The number of carbonyl (C=O) groups is 1. The largest absolute Gasteiger partial charge is 0.489 e. The molecule has 1 atom stereocenters. The number of amides is 1. The van der Waals surface area contributed by atoms with E-state index in [9.17, 15) is 13.2 Å². The van der Waals surface area contributed by atoms with E-state index in [0.717, 1.165) is 5.69 Å². The number of aromatic nitrogens is 1. The number of sulfonamides is 1. The van der Waals surface area contributed by atoms with Crippen LogP contribution in [0.25, 0.3) is 0 Å². The summed E-state index contributed by atoms with van der Waals surface area (Å²) in [5, 5.41) is 2.93. The number of H-pyrrole nitrogens is 1. The molecule has 2 aromatic rings. The zero-order chi connectivity index (χ0) is 19.4. The fraction of sp³-hybridized carbons (Fsp3) is 0.389. The lowest BCUT2D eigenvalue weighted by atomic mass is 10.1. The van der Waals surface area contributed by atoms with Gasteiger partial charge in [0.05, 0.1) is 29.7 Å². The lowest BCUT2D eigenvalue weighted by Gasteiger charge is -2.19. The number of hydrogen-bond acceptors (Lipinski definition) is 5. The quantitative estimate of drug-likeness (QED) is 0.695. The molecule has 3 rings (SSSR count). The van der Waals surface area contributed by atoms with Crippen LogP contribution in [0, 0.1) is 0 Å². The van der Waals surface area contributed by atoms with Crippen molar-refractivity contribution < 1.29 is 22.7 Å². The molecule has 1 aromatic heterocycles. The van der Waals surface area contributed by atoms with Crippen LogP contribution in [0.1, 0.15) is 41.9 Å². The molecular formula is C18H23N3O5S. The molecule has 1 aliphatic heterocycles. The summed E-state index contributed by atoms with van der Waals surface area (Å²) >= 11 is 0. The normalized spacial score (nSPS) is 15.0. The Hall–Kier alpha value is -2.52. The monoisotopic (exact) mass is 393 g/mol. The molecule has 27 heavy (non-hydrogen) atoms. The molecule has 0 aliphatic carbocycles. The Morgan fingerprint density at radius 3 is 2.74 bits per heavy atom. The minimum Gasteiger partial charge on any atom is -0.489 e. The number of fused-ring (bicyclic) bond motifs is 1. The first-order chi connectivity index (χ1) is 13.0. The van der Waals surface area contributed by atoms with Crippen LogP contribution in [-0.4, -0.2) is 39.6 Å². The third kappa shape index (κ3) is 4.09. The van der Waals surface area contributed by atoms with Gasteiger partial charge in [-0.15, -0.1) is 0 Å². The zero-order valence-electron chi connectivity index (χ0n) is 15.2. The van der Waals surface area contributed by atoms with Crippen LogP contribution in [0.4, 0.5) is 0 Å². The molecule has 0 spiro atoms. The van der Waals surface area contributed by atoms with E-state index in [1.807, 2.05) is 19.1 Å². The minimum atomic E-state index is -3.75. The first kappa shape index (κ1) is 19.2. The third-order valence-corrected chi connectivity index (χ3v) is 5.75. The predicted octanol–water partition coefficient (Wildman–Crippen LogP) is 1.97. The Kier molecular flexibility index (Phi) is 5.71. The zero-order valence-corrected chi connectivity index (χ0v) is 16.1. The van der Waals surface area contributed by atoms with Gasteiger partial charge in [0.1, 0.15) is 0 Å². The molecule has 2 heterocycles. The maximum atomic E-state index is 13.0. The van der Waals surface area contributed by atoms with E-state index in [0.29, 0.717) is 26.1 Å². The molecule has 146 valence electrons. The summed E-state index contributed by atoms with van der Waals surface area (Å²) in [6.45, 7) is 2.73. The molecule has 0 saturated heterocycles. The number of benzene rings is 1. The molecule has 8 nitrogen and oxygen atoms in total. The van der Waals surface area contributed by atoms with Crippen molar-refractivity contribution in [2.45, 2.75) is 30.7 Å². The average Bonchev–Trinajstić information content (AvgIpc) is 3.09. The second-order valence-corrected chi connectivity index (χ2v) is 8.00. The lowest BCUT2D eigenvalue weighted by Crippen LogP contribution is -2.29. The third-order valence-electron chi connectivity index (χ3n) is 4.36. The first-order valence-electron chi connectivity index (χ1n) is 8.77. The van der Waals surface area contributed by atoms with Crippen LogP contribution in [0.2, 0.25) is 0 Å². The van der Waals surface area contributed by atoms with E-state index in [1.54, 1.807) is 6.20 Å². The van der Waals surface area contributed by atoms with Crippen LogP contribution in [0.3, 0.4) is 0 Å². The van der Waals surface area contributed by atoms with Crippen LogP contribution in [-0.2, 0) is 10.0 Å². The Bertz CT molecular complexity index is 909. The van der Waals surface area contributed by atoms with Gasteiger partial charge in [0, 0.05) is 24.4 Å². The van der Waals surface area contributed by atoms with Crippen molar-refractivity contribution in [2.24, 2.45) is 0 Å². The van der Waals surface area contributed by atoms with Crippen molar-refractivity contribution in [3.8, 4) is 11.5 Å². The van der Waals surface area contributed by atoms with E-state index < -0.39 is 15.9 Å². The Morgan fingerprint density at radius 2 is 2.07 bits per heavy atom. The molecule has 1 amide bonds. The molecule has 0 fully saturated rings. The lowest BCUT2D eigenvalue weighted by molar-refractivity contribution is 0.0930. The smallest absolute Gasteiger partial charge is 0.255 e. The van der Waals surface area contributed by atoms with Gasteiger partial charge in [-0.2, -0.15) is 0 Å². The van der Waals surface area contributed by atoms with Crippen LogP contribution in [0.15, 0.2) is 35.4 Å². The number of nitrogens with one attached hydrogen (secondary N) is 3. The van der Waals surface area contributed by atoms with E-state index >= 15 is 0 Å². The SMILES string of the molecule is CCC(NC(=O)c1cc(S(=O)(=O)NC)cc2c1OCCCO2)c1ccc[nH]1. The minimum absolute atomic E-state index is 0.0488. The highest BCUT2D eigenvalue weighted by atomic mass is 32.2. The van der Waals surface area contributed by atoms with Gasteiger partial charge in [0.15, 0.2) is 11.5 Å². The fourth-order valence-corrected chi connectivity index (χ4v) is 3.66. The van der Waals surface area contributed by atoms with Crippen molar-refractivity contribution in [1.29, 1.82) is 0 Å². The van der Waals surface area contributed by atoms with Gasteiger partial charge in [-0.05, 0) is 31.7 Å². The van der Waals surface area contributed by atoms with Crippen LogP contribution in [0.5, 0.6) is 11.5 Å². The van der Waals surface area contributed by atoms with Crippen molar-refractivity contribution in [1.82, 2.24) is 15.0 Å². The number of aromatic amines is 1. The number of rotatable bonds is 6. The van der Waals surface area contributed by atoms with Gasteiger partial charge >= 0.3 is 0 Å². The summed E-state index contributed by atoms with van der Waals surface area (Å²) in [4.78, 5) is 16.0. The molecule has 3 N–H and O–H groups in total. The highest BCUT2D eigenvalue weighted by Crippen LogP contribution is 2.36. The number of hydrogen-bond donors (Lipinski definition) is 3. The maximum Gasteiger partial charge on any atom is 0.255 e. The topological polar surface area (TPSA) is 110 Å². The van der Waals surface area contributed by atoms with Crippen molar-refractivity contribution in [3.05, 3.63) is 41.7 Å². The van der Waals surface area contributed by atoms with Gasteiger partial charge in [0.25, 0.3) is 5.91 Å². The van der Waals surface area contributed by atoms with E-state index in [-0.39, 0.29) is 28.0 Å². The molecule has 1 unspecified atom stereocenters. The molecular weight excluding hydrogens is 370 g/mol. The summed E-state index contributed by atoms with van der Waals surface area (Å²) in [6, 6.07) is 6.20. The van der Waals surface area contributed by atoms with E-state index in [4.69, 9.17) is 9.47 Å². The summed E-state index contributed by atoms with van der Waals surface area (Å²) in [6.07, 6.45) is 3.09. The molecule has 0 radical (unpaired) electrons. The Labute approximate surface area is 158 Å². The van der Waals surface area contributed by atoms with Crippen molar-refractivity contribution in [3.63, 3.8) is 0 Å². The van der Waals surface area contributed by atoms with Crippen LogP contribution < -0.4 is 19.5 Å². The van der Waals surface area contributed by atoms with Crippen molar-refractivity contribution in [2.75, 3.05) is 20.3 Å².